The van der Waals surface area contributed by atoms with Crippen LogP contribution in [0.1, 0.15) is 13.3 Å². The fraction of sp³-hybridized carbons (Fsp3) is 0.417. The molecule has 0 aliphatic heterocycles. The van der Waals surface area contributed by atoms with Crippen LogP contribution in [0.4, 0.5) is 0 Å². The van der Waals surface area contributed by atoms with E-state index in [0.29, 0.717) is 12.2 Å². The first-order valence-corrected chi connectivity index (χ1v) is 6.39. The Morgan fingerprint density at radius 3 is 2.56 bits per heavy atom. The summed E-state index contributed by atoms with van der Waals surface area (Å²) in [5.74, 6) is -0.312. The van der Waals surface area contributed by atoms with Gasteiger partial charge in [-0.3, -0.25) is 0 Å². The summed E-state index contributed by atoms with van der Waals surface area (Å²) in [6.07, 6.45) is 1.70. The van der Waals surface area contributed by atoms with Crippen LogP contribution >= 0.6 is 11.8 Å². The van der Waals surface area contributed by atoms with E-state index in [1.54, 1.807) is 23.9 Å². The summed E-state index contributed by atoms with van der Waals surface area (Å²) in [7, 11) is 0. The minimum atomic E-state index is -0.912. The van der Waals surface area contributed by atoms with Crippen LogP contribution in [0.2, 0.25) is 0 Å². The van der Waals surface area contributed by atoms with Crippen LogP contribution in [0.15, 0.2) is 30.3 Å². The van der Waals surface area contributed by atoms with Gasteiger partial charge in [-0.15, -0.1) is 0 Å². The van der Waals surface area contributed by atoms with Gasteiger partial charge >= 0.3 is 5.97 Å². The maximum atomic E-state index is 11.0. The van der Waals surface area contributed by atoms with Crippen molar-refractivity contribution in [3.8, 4) is 5.75 Å². The fourth-order valence-corrected chi connectivity index (χ4v) is 1.63. The van der Waals surface area contributed by atoms with Crippen molar-refractivity contribution in [3.63, 3.8) is 0 Å². The van der Waals surface area contributed by atoms with E-state index in [0.717, 1.165) is 0 Å². The summed E-state index contributed by atoms with van der Waals surface area (Å²) < 4.78 is 5.44. The molecule has 1 aromatic rings. The summed E-state index contributed by atoms with van der Waals surface area (Å²) in [6, 6.07) is 9.05. The molecule has 1 N–H and O–H groups in total. The minimum Gasteiger partial charge on any atom is -0.479 e. The molecule has 0 fully saturated rings. The van der Waals surface area contributed by atoms with Crippen molar-refractivity contribution in [1.82, 2.24) is 0 Å². The van der Waals surface area contributed by atoms with Crippen molar-refractivity contribution in [3.05, 3.63) is 30.3 Å². The van der Waals surface area contributed by atoms with Gasteiger partial charge in [-0.1, -0.05) is 25.1 Å². The van der Waals surface area contributed by atoms with E-state index in [-0.39, 0.29) is 5.25 Å². The van der Waals surface area contributed by atoms with Gasteiger partial charge < -0.3 is 9.84 Å². The Labute approximate surface area is 99.8 Å². The van der Waals surface area contributed by atoms with Gasteiger partial charge in [0.1, 0.15) is 5.75 Å². The van der Waals surface area contributed by atoms with Crippen molar-refractivity contribution in [1.29, 1.82) is 0 Å². The molecular weight excluding hydrogens is 224 g/mol. The van der Waals surface area contributed by atoms with E-state index in [2.05, 4.69) is 0 Å². The van der Waals surface area contributed by atoms with Gasteiger partial charge in [0.2, 0.25) is 0 Å². The lowest BCUT2D eigenvalue weighted by atomic mass is 10.2. The normalized spacial score (nSPS) is 14.1. The first-order chi connectivity index (χ1) is 7.63. The quantitative estimate of drug-likeness (QED) is 0.830. The maximum Gasteiger partial charge on any atom is 0.344 e. The third kappa shape index (κ3) is 4.14. The molecule has 0 saturated carbocycles. The minimum absolute atomic E-state index is 0.268. The fourth-order valence-electron chi connectivity index (χ4n) is 1.26. The number of carboxylic acids is 1. The molecule has 4 heteroatoms. The van der Waals surface area contributed by atoms with Crippen molar-refractivity contribution in [2.45, 2.75) is 24.7 Å². The number of hydrogen-bond donors (Lipinski definition) is 1. The number of para-hydroxylation sites is 1. The van der Waals surface area contributed by atoms with Crippen LogP contribution in [0.25, 0.3) is 0 Å². The van der Waals surface area contributed by atoms with Crippen molar-refractivity contribution in [2.24, 2.45) is 0 Å². The molecule has 2 unspecified atom stereocenters. The SMILES string of the molecule is CSC(C)CC(Oc1ccccc1)C(=O)O. The van der Waals surface area contributed by atoms with E-state index in [9.17, 15) is 4.79 Å². The predicted octanol–water partition coefficient (Wildman–Crippen LogP) is 2.66. The lowest BCUT2D eigenvalue weighted by Gasteiger charge is -2.17. The highest BCUT2D eigenvalue weighted by molar-refractivity contribution is 7.99. The van der Waals surface area contributed by atoms with Crippen molar-refractivity contribution < 1.29 is 14.6 Å². The van der Waals surface area contributed by atoms with Crippen LogP contribution in [0.5, 0.6) is 5.75 Å². The molecule has 0 heterocycles. The molecule has 88 valence electrons. The Kier molecular flexibility index (Phi) is 5.19. The van der Waals surface area contributed by atoms with Gasteiger partial charge in [0.15, 0.2) is 6.10 Å². The van der Waals surface area contributed by atoms with Gasteiger partial charge in [-0.2, -0.15) is 11.8 Å². The number of rotatable bonds is 6. The smallest absolute Gasteiger partial charge is 0.344 e. The summed E-state index contributed by atoms with van der Waals surface area (Å²) in [5, 5.41) is 9.31. The molecule has 1 rings (SSSR count). The predicted molar refractivity (Wildman–Crippen MR) is 66.1 cm³/mol. The molecule has 0 aliphatic rings. The number of thioether (sulfide) groups is 1. The zero-order chi connectivity index (χ0) is 12.0. The summed E-state index contributed by atoms with van der Waals surface area (Å²) in [4.78, 5) is 11.0. The molecule has 0 aromatic heterocycles. The molecule has 0 spiro atoms. The lowest BCUT2D eigenvalue weighted by Crippen LogP contribution is -2.29. The third-order valence-electron chi connectivity index (χ3n) is 2.25. The molecule has 0 radical (unpaired) electrons. The van der Waals surface area contributed by atoms with E-state index >= 15 is 0 Å². The number of ether oxygens (including phenoxy) is 1. The molecule has 0 aliphatic carbocycles. The summed E-state index contributed by atoms with van der Waals surface area (Å²) >= 11 is 1.64. The second-order valence-corrected chi connectivity index (χ2v) is 4.82. The highest BCUT2D eigenvalue weighted by Gasteiger charge is 2.21. The van der Waals surface area contributed by atoms with E-state index in [4.69, 9.17) is 9.84 Å². The summed E-state index contributed by atoms with van der Waals surface area (Å²) in [6.45, 7) is 2.00. The van der Waals surface area contributed by atoms with Crippen LogP contribution in [-0.2, 0) is 4.79 Å². The number of carbonyl (C=O) groups is 1. The van der Waals surface area contributed by atoms with E-state index in [1.807, 2.05) is 31.4 Å². The zero-order valence-corrected chi connectivity index (χ0v) is 10.2. The van der Waals surface area contributed by atoms with Gasteiger partial charge in [0.05, 0.1) is 0 Å². The maximum absolute atomic E-state index is 11.0. The van der Waals surface area contributed by atoms with E-state index < -0.39 is 12.1 Å². The Hall–Kier alpha value is -1.16. The van der Waals surface area contributed by atoms with Gasteiger partial charge in [-0.25, -0.2) is 4.79 Å². The summed E-state index contributed by atoms with van der Waals surface area (Å²) in [5.41, 5.74) is 0. The highest BCUT2D eigenvalue weighted by Crippen LogP contribution is 2.18. The second-order valence-electron chi connectivity index (χ2n) is 3.54. The van der Waals surface area contributed by atoms with Crippen LogP contribution < -0.4 is 4.74 Å². The average Bonchev–Trinajstić information content (AvgIpc) is 2.29. The number of benzene rings is 1. The molecule has 16 heavy (non-hydrogen) atoms. The van der Waals surface area contributed by atoms with Gasteiger partial charge in [0.25, 0.3) is 0 Å². The zero-order valence-electron chi connectivity index (χ0n) is 9.42. The lowest BCUT2D eigenvalue weighted by molar-refractivity contribution is -0.145. The largest absolute Gasteiger partial charge is 0.479 e. The number of hydrogen-bond acceptors (Lipinski definition) is 3. The third-order valence-corrected chi connectivity index (χ3v) is 3.24. The second kappa shape index (κ2) is 6.43. The number of carboxylic acid groups (broad SMARTS) is 1. The Morgan fingerprint density at radius 2 is 2.06 bits per heavy atom. The highest BCUT2D eigenvalue weighted by atomic mass is 32.2. The molecular formula is C12H16O3S. The van der Waals surface area contributed by atoms with Crippen LogP contribution in [0.3, 0.4) is 0 Å². The molecule has 2 atom stereocenters. The van der Waals surface area contributed by atoms with Crippen molar-refractivity contribution in [2.75, 3.05) is 6.26 Å². The number of aliphatic carboxylic acids is 1. The topological polar surface area (TPSA) is 46.5 Å². The van der Waals surface area contributed by atoms with E-state index in [1.165, 1.54) is 0 Å². The van der Waals surface area contributed by atoms with Crippen molar-refractivity contribution >= 4 is 17.7 Å². The standard InChI is InChI=1S/C12H16O3S/c1-9(16-2)8-11(12(13)14)15-10-6-4-3-5-7-10/h3-7,9,11H,8H2,1-2H3,(H,13,14). The molecule has 3 nitrogen and oxygen atoms in total. The van der Waals surface area contributed by atoms with Gasteiger partial charge in [-0.05, 0) is 18.4 Å². The molecule has 1 aromatic carbocycles. The first kappa shape index (κ1) is 12.9. The molecule has 0 saturated heterocycles. The Balaban J connectivity index is 2.62. The van der Waals surface area contributed by atoms with Crippen LogP contribution in [0, 0.1) is 0 Å². The first-order valence-electron chi connectivity index (χ1n) is 5.10. The van der Waals surface area contributed by atoms with Gasteiger partial charge in [0, 0.05) is 11.7 Å². The molecule has 0 amide bonds. The molecule has 0 bridgehead atoms. The monoisotopic (exact) mass is 240 g/mol. The van der Waals surface area contributed by atoms with Crippen LogP contribution in [-0.4, -0.2) is 28.7 Å². The Bertz CT molecular complexity index is 326. The Morgan fingerprint density at radius 1 is 1.44 bits per heavy atom. The average molecular weight is 240 g/mol.